The summed E-state index contributed by atoms with van der Waals surface area (Å²) in [6, 6.07) is 15.2. The molecule has 0 bridgehead atoms. The third-order valence-electron chi connectivity index (χ3n) is 9.16. The van der Waals surface area contributed by atoms with Crippen LogP contribution in [0.15, 0.2) is 58.1 Å². The van der Waals surface area contributed by atoms with E-state index in [1.165, 1.54) is 77.0 Å². The fourth-order valence-corrected chi connectivity index (χ4v) is 6.22. The van der Waals surface area contributed by atoms with Gasteiger partial charge in [0.05, 0.1) is 5.52 Å². The van der Waals surface area contributed by atoms with Crippen LogP contribution in [-0.4, -0.2) is 22.8 Å². The van der Waals surface area contributed by atoms with Gasteiger partial charge in [0.25, 0.3) is 0 Å². The van der Waals surface area contributed by atoms with Gasteiger partial charge in [-0.25, -0.2) is 0 Å². The van der Waals surface area contributed by atoms with Crippen LogP contribution in [0.5, 0.6) is 0 Å². The number of nitrogens with one attached hydrogen (secondary N) is 1. The molecule has 4 aromatic rings. The Bertz CT molecular complexity index is 1670. The molecule has 0 saturated carbocycles. The van der Waals surface area contributed by atoms with Gasteiger partial charge in [-0.3, -0.25) is 14.2 Å². The number of benzene rings is 2. The largest absolute Gasteiger partial charge is 0.381 e. The van der Waals surface area contributed by atoms with E-state index >= 15 is 0 Å². The summed E-state index contributed by atoms with van der Waals surface area (Å²) in [5.41, 5.74) is 5.52. The molecule has 0 atom stereocenters. The Morgan fingerprint density at radius 2 is 1.23 bits per heavy atom. The lowest BCUT2D eigenvalue weighted by Gasteiger charge is -2.13. The van der Waals surface area contributed by atoms with Crippen molar-refractivity contribution < 1.29 is 4.74 Å². The van der Waals surface area contributed by atoms with E-state index < -0.39 is 0 Å². The van der Waals surface area contributed by atoms with E-state index in [4.69, 9.17) is 4.74 Å². The smallest absolute Gasteiger partial charge is 0.192 e. The van der Waals surface area contributed by atoms with Crippen molar-refractivity contribution in [2.75, 3.05) is 13.2 Å². The predicted octanol–water partition coefficient (Wildman–Crippen LogP) is 10.1. The van der Waals surface area contributed by atoms with Crippen LogP contribution in [0, 0.1) is 25.3 Å². The molecule has 2 aromatic carbocycles. The van der Waals surface area contributed by atoms with Crippen molar-refractivity contribution in [2.24, 2.45) is 0 Å². The molecule has 1 saturated heterocycles. The summed E-state index contributed by atoms with van der Waals surface area (Å²) in [6.07, 6.45) is 21.5. The van der Waals surface area contributed by atoms with E-state index in [0.717, 1.165) is 72.3 Å². The maximum atomic E-state index is 12.5. The number of nitriles is 1. The second kappa shape index (κ2) is 21.2. The number of unbranched alkanes of at least 4 members (excludes halogenated alkanes) is 10. The van der Waals surface area contributed by atoms with E-state index in [-0.39, 0.29) is 10.9 Å². The van der Waals surface area contributed by atoms with E-state index in [1.807, 2.05) is 56.3 Å². The van der Waals surface area contributed by atoms with Crippen molar-refractivity contribution in [1.29, 1.82) is 5.26 Å². The van der Waals surface area contributed by atoms with Crippen molar-refractivity contribution in [3.8, 4) is 6.19 Å². The Morgan fingerprint density at radius 3 is 1.83 bits per heavy atom. The van der Waals surface area contributed by atoms with Crippen LogP contribution in [0.3, 0.4) is 0 Å². The fraction of sp³-hybridized carbons (Fsp3) is 0.537. The van der Waals surface area contributed by atoms with Crippen molar-refractivity contribution in [3.05, 3.63) is 91.5 Å². The molecule has 1 aliphatic rings. The maximum absolute atomic E-state index is 12.5. The van der Waals surface area contributed by atoms with Crippen LogP contribution < -0.4 is 10.9 Å². The Labute approximate surface area is 282 Å². The molecule has 0 radical (unpaired) electrons. The van der Waals surface area contributed by atoms with Gasteiger partial charge in [0, 0.05) is 52.0 Å². The van der Waals surface area contributed by atoms with Crippen LogP contribution in [0.2, 0.25) is 0 Å². The fourth-order valence-electron chi connectivity index (χ4n) is 6.22. The minimum absolute atomic E-state index is 0.0584. The van der Waals surface area contributed by atoms with E-state index in [1.54, 1.807) is 10.6 Å². The van der Waals surface area contributed by atoms with Crippen LogP contribution >= 0.6 is 0 Å². The maximum Gasteiger partial charge on any atom is 0.192 e. The zero-order valence-corrected chi connectivity index (χ0v) is 29.5. The van der Waals surface area contributed by atoms with Gasteiger partial charge in [-0.2, -0.15) is 5.26 Å². The highest BCUT2D eigenvalue weighted by atomic mass is 16.5. The molecule has 6 heteroatoms. The minimum Gasteiger partial charge on any atom is -0.381 e. The molecule has 0 aliphatic carbocycles. The molecule has 6 nitrogen and oxygen atoms in total. The second-order valence-corrected chi connectivity index (χ2v) is 12.8. The third-order valence-corrected chi connectivity index (χ3v) is 9.16. The van der Waals surface area contributed by atoms with Crippen LogP contribution in [0.4, 0.5) is 0 Å². The number of pyridine rings is 2. The molecule has 2 aromatic heterocycles. The van der Waals surface area contributed by atoms with Gasteiger partial charge < -0.3 is 9.72 Å². The molecule has 0 spiro atoms. The normalized spacial score (nSPS) is 12.3. The van der Waals surface area contributed by atoms with Gasteiger partial charge in [-0.15, -0.1) is 0 Å². The molecular weight excluding hydrogens is 582 g/mol. The zero-order valence-electron chi connectivity index (χ0n) is 29.5. The van der Waals surface area contributed by atoms with E-state index in [9.17, 15) is 14.9 Å². The minimum atomic E-state index is 0.0584. The summed E-state index contributed by atoms with van der Waals surface area (Å²) < 4.78 is 6.58. The Kier molecular flexibility index (Phi) is 17.1. The number of fused-ring (bicyclic) bond motifs is 2. The molecule has 3 heterocycles. The third kappa shape index (κ3) is 11.5. The lowest BCUT2D eigenvalue weighted by Crippen LogP contribution is -2.16. The summed E-state index contributed by atoms with van der Waals surface area (Å²) in [6.45, 7) is 10.2. The van der Waals surface area contributed by atoms with Crippen molar-refractivity contribution in [1.82, 2.24) is 9.55 Å². The highest BCUT2D eigenvalue weighted by Crippen LogP contribution is 2.18. The number of hydrogen-bond acceptors (Lipinski definition) is 4. The van der Waals surface area contributed by atoms with Gasteiger partial charge in [0.15, 0.2) is 17.1 Å². The molecule has 1 fully saturated rings. The summed E-state index contributed by atoms with van der Waals surface area (Å²) in [5, 5.41) is 11.0. The first-order valence-electron chi connectivity index (χ1n) is 18.2. The lowest BCUT2D eigenvalue weighted by molar-refractivity contribution is 0.198. The average Bonchev–Trinajstić information content (AvgIpc) is 3.70. The Morgan fingerprint density at radius 1 is 0.702 bits per heavy atom. The van der Waals surface area contributed by atoms with Gasteiger partial charge >= 0.3 is 0 Å². The van der Waals surface area contributed by atoms with Gasteiger partial charge in [-0.1, -0.05) is 102 Å². The molecule has 254 valence electrons. The zero-order chi connectivity index (χ0) is 33.9. The molecule has 47 heavy (non-hydrogen) atoms. The average molecular weight is 640 g/mol. The molecule has 5 rings (SSSR count). The number of aryl methyl sites for hydroxylation is 1. The van der Waals surface area contributed by atoms with Gasteiger partial charge in [-0.05, 0) is 76.6 Å². The highest BCUT2D eigenvalue weighted by Gasteiger charge is 2.13. The van der Waals surface area contributed by atoms with Gasteiger partial charge in [0.2, 0.25) is 0 Å². The topological polar surface area (TPSA) is 87.9 Å². The highest BCUT2D eigenvalue weighted by molar-refractivity contribution is 5.81. The number of ether oxygens (including phenoxy) is 1. The van der Waals surface area contributed by atoms with Crippen molar-refractivity contribution >= 4 is 21.8 Å². The first-order chi connectivity index (χ1) is 22.9. The van der Waals surface area contributed by atoms with Crippen LogP contribution in [-0.2, 0) is 17.6 Å². The number of rotatable bonds is 14. The SMILES string of the molecule is C1CCOC1.CCCCCCCCc1[nH]c2ccccc2c(=O)c1C.CCCCCCCCc1c(C)c(=O)c2ccccc2n1C#N. The first-order valence-corrected chi connectivity index (χ1v) is 18.2. The summed E-state index contributed by atoms with van der Waals surface area (Å²) >= 11 is 0. The Balaban J connectivity index is 0.000000223. The van der Waals surface area contributed by atoms with Crippen LogP contribution in [0.25, 0.3) is 21.8 Å². The van der Waals surface area contributed by atoms with E-state index in [0.29, 0.717) is 10.9 Å². The van der Waals surface area contributed by atoms with Crippen LogP contribution in [0.1, 0.15) is 126 Å². The van der Waals surface area contributed by atoms with E-state index in [2.05, 4.69) is 25.0 Å². The van der Waals surface area contributed by atoms with Gasteiger partial charge in [0.1, 0.15) is 0 Å². The van der Waals surface area contributed by atoms with Crippen molar-refractivity contribution in [2.45, 2.75) is 130 Å². The second-order valence-electron chi connectivity index (χ2n) is 12.8. The monoisotopic (exact) mass is 639 g/mol. The summed E-state index contributed by atoms with van der Waals surface area (Å²) in [4.78, 5) is 28.2. The summed E-state index contributed by atoms with van der Waals surface area (Å²) in [5.74, 6) is 0. The number of H-pyrrole nitrogens is 1. The predicted molar refractivity (Wildman–Crippen MR) is 197 cm³/mol. The lowest BCUT2D eigenvalue weighted by atomic mass is 10.0. The van der Waals surface area contributed by atoms with Crippen molar-refractivity contribution in [3.63, 3.8) is 0 Å². The standard InChI is InChI=1S/C19H24N2O.C18H25NO.C4H8O/c1-3-4-5-6-7-8-12-17-15(2)19(22)16-11-9-10-13-18(16)21(17)14-20;1-3-4-5-6-7-8-12-16-14(2)18(20)15-11-9-10-13-17(15)19-16;1-2-4-5-3-1/h9-11,13H,3-8,12H2,1-2H3;9-11,13H,3-8,12H2,1-2H3,(H,19,20);1-4H2. The number of aromatic nitrogens is 2. The quantitative estimate of drug-likeness (QED) is 0.139. The number of para-hydroxylation sites is 2. The molecule has 0 amide bonds. The number of aromatic amines is 1. The number of hydrogen-bond donors (Lipinski definition) is 1. The molecule has 1 aliphatic heterocycles. The molecule has 0 unspecified atom stereocenters. The first kappa shape index (κ1) is 37.8. The Hall–Kier alpha value is -3.69. The molecular formula is C41H57N3O3. The number of nitrogens with zero attached hydrogens (tertiary/aromatic N) is 2. The molecule has 1 N–H and O–H groups in total. The summed E-state index contributed by atoms with van der Waals surface area (Å²) in [7, 11) is 0.